The van der Waals surface area contributed by atoms with E-state index in [-0.39, 0.29) is 28.4 Å². The van der Waals surface area contributed by atoms with Gasteiger partial charge in [-0.3, -0.25) is 4.79 Å². The van der Waals surface area contributed by atoms with Crippen LogP contribution in [0.15, 0.2) is 12.2 Å². The topological polar surface area (TPSA) is 49.3 Å². The highest BCUT2D eigenvalue weighted by Crippen LogP contribution is 2.77. The molecule has 204 valence electrons. The number of nitrogens with one attached hydrogen (secondary N) is 1. The lowest BCUT2D eigenvalue weighted by atomic mass is 9.32. The largest absolute Gasteiger partial charge is 0.393 e. The number of hydrogen-bond donors (Lipinski definition) is 2. The first kappa shape index (κ1) is 26.8. The summed E-state index contributed by atoms with van der Waals surface area (Å²) in [6.45, 7) is 23.5. The Labute approximate surface area is 221 Å². The molecule has 2 N–H and O–H groups in total. The summed E-state index contributed by atoms with van der Waals surface area (Å²) in [5.41, 5.74) is 1.95. The van der Waals surface area contributed by atoms with Gasteiger partial charge in [0.2, 0.25) is 5.91 Å². The smallest absolute Gasteiger partial charge is 0.226 e. The summed E-state index contributed by atoms with van der Waals surface area (Å²) in [5, 5.41) is 14.3. The van der Waals surface area contributed by atoms with Crippen molar-refractivity contribution < 1.29 is 9.90 Å². The van der Waals surface area contributed by atoms with Crippen LogP contribution in [0.25, 0.3) is 0 Å². The van der Waals surface area contributed by atoms with Crippen molar-refractivity contribution in [2.75, 3.05) is 0 Å². The maximum Gasteiger partial charge on any atom is 0.226 e. The number of allylic oxidation sites excluding steroid dienone is 1. The van der Waals surface area contributed by atoms with Gasteiger partial charge in [-0.25, -0.2) is 0 Å². The first-order chi connectivity index (χ1) is 16.6. The number of aliphatic hydroxyl groups is 1. The lowest BCUT2D eigenvalue weighted by molar-refractivity contribution is -0.246. The van der Waals surface area contributed by atoms with Crippen molar-refractivity contribution in [2.24, 2.45) is 56.7 Å². The van der Waals surface area contributed by atoms with Crippen LogP contribution in [0.1, 0.15) is 120 Å². The monoisotopic (exact) mass is 497 g/mol. The third-order valence-electron chi connectivity index (χ3n) is 13.9. The zero-order valence-corrected chi connectivity index (χ0v) is 24.7. The maximum absolute atomic E-state index is 13.9. The zero-order valence-electron chi connectivity index (χ0n) is 24.7. The molecule has 36 heavy (non-hydrogen) atoms. The second-order valence-corrected chi connectivity index (χ2v) is 15.8. The fraction of sp³-hybridized carbons (Fsp3) is 0.909. The molecule has 5 rings (SSSR count). The van der Waals surface area contributed by atoms with Gasteiger partial charge >= 0.3 is 0 Å². The standard InChI is InChI=1S/C33H55NO2/c1-20(2)22-12-17-33(28(36)34-21(3)4)19-18-31(8)23(27(22)33)10-11-25-30(7)15-14-26(35)29(5,6)24(30)13-16-32(25,31)9/h21-27,35H,1,10-19H2,2-9H3,(H,34,36)/t22-,23+,24-,25+,26-,27+,30-,31+,32+,33-/m0/s1. The Hall–Kier alpha value is -0.830. The van der Waals surface area contributed by atoms with Gasteiger partial charge in [-0.1, -0.05) is 46.8 Å². The SMILES string of the molecule is C=C(C)[C@@H]1CC[C@]2(C(=O)NC(C)C)CC[C@]3(C)[C@H](CC[C@@H]4[C@@]5(C)CC[C@H](O)C(C)(C)[C@@H]5CC[C@]43C)[C@@H]12. The van der Waals surface area contributed by atoms with Crippen molar-refractivity contribution >= 4 is 5.91 Å². The van der Waals surface area contributed by atoms with Gasteiger partial charge in [0.15, 0.2) is 0 Å². The van der Waals surface area contributed by atoms with E-state index in [1.165, 1.54) is 44.1 Å². The second kappa shape index (κ2) is 8.33. The van der Waals surface area contributed by atoms with Gasteiger partial charge in [0.25, 0.3) is 0 Å². The molecule has 1 amide bonds. The number of carbonyl (C=O) groups is 1. The lowest BCUT2D eigenvalue weighted by Gasteiger charge is -2.72. The predicted octanol–water partition coefficient (Wildman–Crippen LogP) is 7.53. The van der Waals surface area contributed by atoms with E-state index in [0.29, 0.717) is 46.3 Å². The lowest BCUT2D eigenvalue weighted by Crippen LogP contribution is -2.67. The Morgan fingerprint density at radius 3 is 2.19 bits per heavy atom. The number of fused-ring (bicyclic) bond motifs is 7. The molecule has 0 aromatic carbocycles. The molecule has 0 unspecified atom stereocenters. The van der Waals surface area contributed by atoms with E-state index >= 15 is 0 Å². The summed E-state index contributed by atoms with van der Waals surface area (Å²) in [6.07, 6.45) is 11.4. The van der Waals surface area contributed by atoms with Crippen LogP contribution >= 0.6 is 0 Å². The van der Waals surface area contributed by atoms with Crippen LogP contribution in [0.2, 0.25) is 0 Å². The quantitative estimate of drug-likeness (QED) is 0.396. The number of carbonyl (C=O) groups excluding carboxylic acids is 1. The summed E-state index contributed by atoms with van der Waals surface area (Å²) in [5.74, 6) is 3.14. The fourth-order valence-electron chi connectivity index (χ4n) is 11.9. The molecule has 5 aliphatic rings. The Balaban J connectivity index is 1.55. The predicted molar refractivity (Wildman–Crippen MR) is 148 cm³/mol. The summed E-state index contributed by atoms with van der Waals surface area (Å²) in [6, 6.07) is 0.193. The van der Waals surface area contributed by atoms with Gasteiger partial charge in [-0.2, -0.15) is 0 Å². The van der Waals surface area contributed by atoms with Gasteiger partial charge in [-0.15, -0.1) is 0 Å². The van der Waals surface area contributed by atoms with Crippen LogP contribution in [-0.2, 0) is 4.79 Å². The average molecular weight is 498 g/mol. The minimum atomic E-state index is -0.209. The van der Waals surface area contributed by atoms with Crippen LogP contribution in [0.4, 0.5) is 0 Å². The summed E-state index contributed by atoms with van der Waals surface area (Å²) in [7, 11) is 0. The summed E-state index contributed by atoms with van der Waals surface area (Å²) >= 11 is 0. The molecule has 0 aromatic rings. The zero-order chi connectivity index (χ0) is 26.5. The van der Waals surface area contributed by atoms with Gasteiger partial charge in [0.05, 0.1) is 11.5 Å². The van der Waals surface area contributed by atoms with Crippen molar-refractivity contribution in [3.05, 3.63) is 12.2 Å². The summed E-state index contributed by atoms with van der Waals surface area (Å²) in [4.78, 5) is 13.9. The molecule has 3 nitrogen and oxygen atoms in total. The molecule has 0 saturated heterocycles. The maximum atomic E-state index is 13.9. The molecule has 10 atom stereocenters. The first-order valence-electron chi connectivity index (χ1n) is 15.3. The van der Waals surface area contributed by atoms with E-state index in [0.717, 1.165) is 25.7 Å². The van der Waals surface area contributed by atoms with Gasteiger partial charge < -0.3 is 10.4 Å². The Morgan fingerprint density at radius 1 is 0.861 bits per heavy atom. The Kier molecular flexibility index (Phi) is 6.19. The van der Waals surface area contributed by atoms with Crippen molar-refractivity contribution in [1.29, 1.82) is 0 Å². The number of aliphatic hydroxyl groups excluding tert-OH is 1. The van der Waals surface area contributed by atoms with E-state index < -0.39 is 0 Å². The molecule has 5 fully saturated rings. The molecule has 0 heterocycles. The van der Waals surface area contributed by atoms with E-state index in [2.05, 4.69) is 67.3 Å². The van der Waals surface area contributed by atoms with Crippen LogP contribution in [-0.4, -0.2) is 23.2 Å². The molecule has 5 saturated carbocycles. The minimum absolute atomic E-state index is 0.000757. The molecule has 0 bridgehead atoms. The Morgan fingerprint density at radius 2 is 1.56 bits per heavy atom. The fourth-order valence-corrected chi connectivity index (χ4v) is 11.9. The summed E-state index contributed by atoms with van der Waals surface area (Å²) < 4.78 is 0. The van der Waals surface area contributed by atoms with Crippen LogP contribution in [0.3, 0.4) is 0 Å². The average Bonchev–Trinajstić information content (AvgIpc) is 3.18. The highest BCUT2D eigenvalue weighted by Gasteiger charge is 2.71. The van der Waals surface area contributed by atoms with Crippen LogP contribution in [0, 0.1) is 56.7 Å². The Bertz CT molecular complexity index is 923. The number of hydrogen-bond acceptors (Lipinski definition) is 2. The third kappa shape index (κ3) is 3.29. The molecule has 5 aliphatic carbocycles. The molecular weight excluding hydrogens is 442 g/mol. The molecule has 0 aromatic heterocycles. The molecule has 3 heteroatoms. The highest BCUT2D eigenvalue weighted by molar-refractivity contribution is 5.84. The van der Waals surface area contributed by atoms with Crippen molar-refractivity contribution in [2.45, 2.75) is 132 Å². The highest BCUT2D eigenvalue weighted by atomic mass is 16.3. The molecule has 0 spiro atoms. The molecule has 0 radical (unpaired) electrons. The van der Waals surface area contributed by atoms with Crippen molar-refractivity contribution in [3.8, 4) is 0 Å². The number of rotatable bonds is 3. The van der Waals surface area contributed by atoms with Crippen LogP contribution in [0.5, 0.6) is 0 Å². The van der Waals surface area contributed by atoms with Gasteiger partial charge in [0.1, 0.15) is 0 Å². The van der Waals surface area contributed by atoms with Crippen molar-refractivity contribution in [1.82, 2.24) is 5.32 Å². The molecular formula is C33H55NO2. The van der Waals surface area contributed by atoms with E-state index in [1.54, 1.807) is 0 Å². The van der Waals surface area contributed by atoms with Gasteiger partial charge in [0, 0.05) is 6.04 Å². The van der Waals surface area contributed by atoms with E-state index in [1.807, 2.05) is 0 Å². The number of amides is 1. The van der Waals surface area contributed by atoms with E-state index in [4.69, 9.17) is 0 Å². The van der Waals surface area contributed by atoms with Crippen molar-refractivity contribution in [3.63, 3.8) is 0 Å². The van der Waals surface area contributed by atoms with Crippen LogP contribution < -0.4 is 5.32 Å². The minimum Gasteiger partial charge on any atom is -0.393 e. The first-order valence-corrected chi connectivity index (χ1v) is 15.3. The van der Waals surface area contributed by atoms with E-state index in [9.17, 15) is 9.90 Å². The normalized spacial score (nSPS) is 51.5. The molecule has 0 aliphatic heterocycles. The third-order valence-corrected chi connectivity index (χ3v) is 13.9. The second-order valence-electron chi connectivity index (χ2n) is 15.8. The van der Waals surface area contributed by atoms with Gasteiger partial charge in [-0.05, 0) is 136 Å².